The number of sulfonamides is 2. The molecule has 1 aromatic heterocycles. The first-order valence-corrected chi connectivity index (χ1v) is 23.1. The van der Waals surface area contributed by atoms with Gasteiger partial charge >= 0.3 is 0 Å². The van der Waals surface area contributed by atoms with Crippen LogP contribution in [-0.2, 0) is 46.9 Å². The number of imidazole rings is 1. The largest absolute Gasteiger partial charge is 0.494 e. The number of nitrogens with two attached hydrogens (primary N) is 2. The summed E-state index contributed by atoms with van der Waals surface area (Å²) >= 11 is 23.1. The molecule has 0 aliphatic carbocycles. The number of methoxy groups -OCH3 is 2. The number of Topliss-reactive ketones (excluding diaryl/α,β-unsaturated/α-hetero) is 1. The zero-order chi connectivity index (χ0) is 47.8. The zero-order valence-corrected chi connectivity index (χ0v) is 39.9. The van der Waals surface area contributed by atoms with Crippen molar-refractivity contribution in [1.29, 1.82) is 0 Å². The molecule has 0 atom stereocenters. The van der Waals surface area contributed by atoms with E-state index in [4.69, 9.17) is 77.3 Å². The van der Waals surface area contributed by atoms with Gasteiger partial charge in [0.25, 0.3) is 5.97 Å². The molecule has 0 aliphatic rings. The van der Waals surface area contributed by atoms with Gasteiger partial charge < -0.3 is 19.6 Å². The molecule has 13 nitrogen and oxygen atoms in total. The lowest BCUT2D eigenvalue weighted by Gasteiger charge is -2.27. The number of primary sulfonamides is 2. The molecule has 340 valence electrons. The van der Waals surface area contributed by atoms with Crippen LogP contribution in [0.2, 0.25) is 10.0 Å². The molecule has 1 heterocycles. The number of carboxylic acids is 1. The lowest BCUT2D eigenvalue weighted by atomic mass is 9.79. The first kappa shape index (κ1) is 52.7. The van der Waals surface area contributed by atoms with E-state index in [1.54, 1.807) is 61.0 Å². The summed E-state index contributed by atoms with van der Waals surface area (Å²) in [6, 6.07) is 17.9. The van der Waals surface area contributed by atoms with Crippen LogP contribution in [0.1, 0.15) is 69.8 Å². The summed E-state index contributed by atoms with van der Waals surface area (Å²) in [6.45, 7) is 8.44. The summed E-state index contributed by atoms with van der Waals surface area (Å²) in [7, 11) is -5.09. The second-order valence-corrected chi connectivity index (χ2v) is 19.7. The number of thiocarbonyl (C=S) groups is 1. The van der Waals surface area contributed by atoms with Crippen molar-refractivity contribution in [2.75, 3.05) is 14.2 Å². The molecule has 0 amide bonds. The van der Waals surface area contributed by atoms with E-state index in [-0.39, 0.29) is 43.5 Å². The van der Waals surface area contributed by atoms with Gasteiger partial charge in [0.2, 0.25) is 20.0 Å². The number of aromatic nitrogens is 2. The Morgan fingerprint density at radius 2 is 1.27 bits per heavy atom. The maximum absolute atomic E-state index is 13.8. The van der Waals surface area contributed by atoms with Gasteiger partial charge in [0.1, 0.15) is 15.6 Å². The van der Waals surface area contributed by atoms with Crippen LogP contribution in [0.3, 0.4) is 0 Å². The first-order valence-electron chi connectivity index (χ1n) is 18.4. The Hall–Kier alpha value is -4.60. The maximum Gasteiger partial charge on any atom is 0.300 e. The molecule has 5 aromatic rings. The van der Waals surface area contributed by atoms with Crippen molar-refractivity contribution in [3.05, 3.63) is 128 Å². The lowest BCUT2D eigenvalue weighted by molar-refractivity contribution is -0.134. The molecule has 0 radical (unpaired) electrons. The number of rotatable bonds is 14. The van der Waals surface area contributed by atoms with Gasteiger partial charge in [-0.05, 0) is 103 Å². The molecule has 21 heteroatoms. The number of aromatic amines is 1. The second-order valence-electron chi connectivity index (χ2n) is 14.9. The number of nitrogens with zero attached hydrogens (tertiary/aromatic N) is 1. The average Bonchev–Trinajstić information content (AvgIpc) is 3.58. The SMILES string of the molecule is CC(=O)O.COc1cc(-n2c(C(C)(C)c3ccc(S(N)(=O)=O)c(Cl)c3)c[nH]c2=S)ccc1F.COc1cc(CC(=S)CCC(=O)C(C)(C)c2ccc(S(N)(=O)=O)c(Cl)c2)ccc1F. The summed E-state index contributed by atoms with van der Waals surface area (Å²) < 4.78 is 85.9. The van der Waals surface area contributed by atoms with Crippen LogP contribution in [0.15, 0.2) is 88.8 Å². The van der Waals surface area contributed by atoms with Crippen molar-refractivity contribution < 1.29 is 49.8 Å². The summed E-state index contributed by atoms with van der Waals surface area (Å²) in [5.74, 6) is -1.59. The highest BCUT2D eigenvalue weighted by Crippen LogP contribution is 2.37. The van der Waals surface area contributed by atoms with Gasteiger partial charge in [-0.2, -0.15) is 0 Å². The zero-order valence-electron chi connectivity index (χ0n) is 35.1. The van der Waals surface area contributed by atoms with Gasteiger partial charge in [-0.15, -0.1) is 0 Å². The third-order valence-electron chi connectivity index (χ3n) is 9.67. The van der Waals surface area contributed by atoms with Crippen molar-refractivity contribution in [2.24, 2.45) is 10.3 Å². The highest BCUT2D eigenvalue weighted by atomic mass is 35.5. The molecular formula is C42H46Cl2F2N4O9S4. The number of carbonyl (C=O) groups is 2. The average molecular weight is 988 g/mol. The number of benzene rings is 4. The molecule has 6 N–H and O–H groups in total. The first-order chi connectivity index (χ1) is 29.1. The Bertz CT molecular complexity index is 2810. The number of carbonyl (C=O) groups excluding carboxylic acids is 1. The molecule has 5 rings (SSSR count). The van der Waals surface area contributed by atoms with Crippen LogP contribution < -0.4 is 19.8 Å². The molecule has 0 spiro atoms. The third kappa shape index (κ3) is 13.7. The van der Waals surface area contributed by atoms with Crippen LogP contribution in [-0.4, -0.2) is 62.3 Å². The topological polar surface area (TPSA) is 214 Å². The fourth-order valence-corrected chi connectivity index (χ4v) is 8.83. The van der Waals surface area contributed by atoms with E-state index in [0.29, 0.717) is 33.7 Å². The number of ketones is 1. The molecule has 0 bridgehead atoms. The van der Waals surface area contributed by atoms with Crippen LogP contribution in [0.25, 0.3) is 5.69 Å². The van der Waals surface area contributed by atoms with E-state index < -0.39 is 48.5 Å². The van der Waals surface area contributed by atoms with E-state index >= 15 is 0 Å². The number of hydrogen-bond donors (Lipinski definition) is 4. The predicted octanol–water partition coefficient (Wildman–Crippen LogP) is 8.77. The van der Waals surface area contributed by atoms with Gasteiger partial charge in [-0.3, -0.25) is 14.2 Å². The van der Waals surface area contributed by atoms with Gasteiger partial charge in [0, 0.05) is 42.9 Å². The number of carboxylic acid groups (broad SMARTS) is 1. The number of aliphatic carboxylic acids is 1. The minimum Gasteiger partial charge on any atom is -0.494 e. The lowest BCUT2D eigenvalue weighted by Crippen LogP contribution is -2.29. The molecular weight excluding hydrogens is 942 g/mol. The number of ether oxygens (including phenoxy) is 2. The van der Waals surface area contributed by atoms with Crippen LogP contribution in [0, 0.1) is 16.4 Å². The smallest absolute Gasteiger partial charge is 0.300 e. The van der Waals surface area contributed by atoms with Crippen molar-refractivity contribution in [1.82, 2.24) is 9.55 Å². The Morgan fingerprint density at radius 1 is 0.794 bits per heavy atom. The summed E-state index contributed by atoms with van der Waals surface area (Å²) in [6.07, 6.45) is 2.77. The second kappa shape index (κ2) is 21.4. The van der Waals surface area contributed by atoms with Crippen LogP contribution in [0.4, 0.5) is 8.78 Å². The highest BCUT2D eigenvalue weighted by molar-refractivity contribution is 7.89. The molecule has 0 unspecified atom stereocenters. The molecule has 63 heavy (non-hydrogen) atoms. The monoisotopic (exact) mass is 986 g/mol. The van der Waals surface area contributed by atoms with E-state index in [2.05, 4.69) is 4.98 Å². The summed E-state index contributed by atoms with van der Waals surface area (Å²) in [5, 5.41) is 17.7. The number of halogens is 4. The standard InChI is InChI=1S/C21H23ClFNO4S2.C19H19ClFN3O3S2.C2H4O2/c1-21(2,14-5-8-19(16(22)12-14)30(24,26)27)20(25)9-6-15(29)10-13-4-7-17(23)18(11-13)28-3;1-19(2,11-4-7-16(13(20)8-11)29(22,25)26)17-10-23-18(28)24(17)12-5-6-14(21)15(9-12)27-3;1-2(3)4/h4-5,7-8,11-12H,6,9-10H2,1-3H3,(H2,24,26,27);4-10H,1-3H3,(H,23,28)(H2,22,25,26);1H3,(H,3,4). The Balaban J connectivity index is 0.000000309. The Morgan fingerprint density at radius 3 is 1.76 bits per heavy atom. The highest BCUT2D eigenvalue weighted by Gasteiger charge is 2.31. The molecule has 0 saturated heterocycles. The van der Waals surface area contributed by atoms with Crippen LogP contribution >= 0.6 is 47.6 Å². The van der Waals surface area contributed by atoms with Gasteiger partial charge in [-0.1, -0.05) is 67.5 Å². The van der Waals surface area contributed by atoms with Crippen molar-refractivity contribution in [3.63, 3.8) is 0 Å². The summed E-state index contributed by atoms with van der Waals surface area (Å²) in [5.41, 5.74) is 1.96. The molecule has 4 aromatic carbocycles. The minimum atomic E-state index is -3.94. The van der Waals surface area contributed by atoms with Crippen molar-refractivity contribution in [2.45, 2.75) is 74.5 Å². The summed E-state index contributed by atoms with van der Waals surface area (Å²) in [4.78, 5) is 25.2. The van der Waals surface area contributed by atoms with E-state index in [1.807, 2.05) is 13.8 Å². The van der Waals surface area contributed by atoms with Gasteiger partial charge in [0.15, 0.2) is 27.9 Å². The minimum absolute atomic E-state index is 0.0298. The molecule has 0 saturated carbocycles. The molecule has 0 fully saturated rings. The van der Waals surface area contributed by atoms with Gasteiger partial charge in [-0.25, -0.2) is 35.9 Å². The van der Waals surface area contributed by atoms with E-state index in [9.17, 15) is 30.4 Å². The number of nitrogens with one attached hydrogen (secondary N) is 1. The Kier molecular flexibility index (Phi) is 17.9. The van der Waals surface area contributed by atoms with E-state index in [1.165, 1.54) is 50.6 Å². The number of hydrogen-bond acceptors (Lipinski definition) is 10. The Labute approximate surface area is 385 Å². The fraction of sp³-hybridized carbons (Fsp3) is 0.286. The normalized spacial score (nSPS) is 11.7. The van der Waals surface area contributed by atoms with Crippen molar-refractivity contribution in [3.8, 4) is 17.2 Å². The van der Waals surface area contributed by atoms with E-state index in [0.717, 1.165) is 23.7 Å². The van der Waals surface area contributed by atoms with Gasteiger partial charge in [0.05, 0.1) is 35.6 Å². The molecule has 0 aliphatic heterocycles. The van der Waals surface area contributed by atoms with Crippen LogP contribution in [0.5, 0.6) is 11.5 Å². The van der Waals surface area contributed by atoms with Crippen molar-refractivity contribution >= 4 is 84.3 Å². The maximum atomic E-state index is 13.8. The third-order valence-corrected chi connectivity index (χ3v) is 13.1. The quantitative estimate of drug-likeness (QED) is 0.0772. The number of H-pyrrole nitrogens is 1. The fourth-order valence-electron chi connectivity index (χ4n) is 6.12. The predicted molar refractivity (Wildman–Crippen MR) is 245 cm³/mol.